The van der Waals surface area contributed by atoms with Crippen molar-refractivity contribution >= 4 is 23.8 Å². The predicted octanol–water partition coefficient (Wildman–Crippen LogP) is 1.83. The monoisotopic (exact) mass is 183 g/mol. The van der Waals surface area contributed by atoms with Gasteiger partial charge in [-0.1, -0.05) is 6.92 Å². The second-order valence-corrected chi connectivity index (χ2v) is 3.36. The fraction of sp³-hybridized carbons (Fsp3) is 0.250. The Kier molecular flexibility index (Phi) is 2.60. The Hall–Kier alpha value is -1.16. The molecule has 4 heteroatoms. The quantitative estimate of drug-likeness (QED) is 0.554. The minimum Gasteiger partial charge on any atom is -0.499 e. The smallest absolute Gasteiger partial charge is 0.181 e. The molecule has 0 aliphatic rings. The van der Waals surface area contributed by atoms with Gasteiger partial charge in [0.25, 0.3) is 0 Å². The second kappa shape index (κ2) is 3.49. The van der Waals surface area contributed by atoms with Crippen molar-refractivity contribution in [2.24, 2.45) is 0 Å². The minimum absolute atomic E-state index is 0.0592. The van der Waals surface area contributed by atoms with Gasteiger partial charge in [-0.05, 0) is 6.42 Å². The normalized spacial score (nSPS) is 9.75. The van der Waals surface area contributed by atoms with E-state index in [1.54, 1.807) is 0 Å². The molecule has 0 saturated carbocycles. The summed E-state index contributed by atoms with van der Waals surface area (Å²) in [6, 6.07) is 0. The lowest BCUT2D eigenvalue weighted by molar-refractivity contribution is 0.112. The highest BCUT2D eigenvalue weighted by molar-refractivity contribution is 7.14. The van der Waals surface area contributed by atoms with Crippen LogP contribution in [0.25, 0.3) is 0 Å². The molecule has 3 nitrogen and oxygen atoms in total. The Balaban J connectivity index is 3.34. The van der Waals surface area contributed by atoms with Crippen molar-refractivity contribution in [3.63, 3.8) is 0 Å². The number of aryl methyl sites for hydroxylation is 1. The van der Waals surface area contributed by atoms with Crippen LogP contribution in [0.4, 0.5) is 0 Å². The van der Waals surface area contributed by atoms with Crippen molar-refractivity contribution < 1.29 is 9.90 Å². The largest absolute Gasteiger partial charge is 0.499 e. The molecule has 0 saturated heterocycles. The summed E-state index contributed by atoms with van der Waals surface area (Å²) in [6.07, 6.45) is 2.41. The maximum Gasteiger partial charge on any atom is 0.181 e. The van der Waals surface area contributed by atoms with Gasteiger partial charge in [-0.3, -0.25) is 4.79 Å². The van der Waals surface area contributed by atoms with Crippen LogP contribution >= 0.6 is 11.3 Å². The number of thiophene rings is 1. The summed E-state index contributed by atoms with van der Waals surface area (Å²) in [5, 5.41) is 16.3. The molecule has 1 aromatic rings. The van der Waals surface area contributed by atoms with Crippen LogP contribution in [0.3, 0.4) is 0 Å². The van der Waals surface area contributed by atoms with Gasteiger partial charge in [-0.2, -0.15) is 0 Å². The Morgan fingerprint density at radius 3 is 2.67 bits per heavy atom. The molecule has 1 aromatic heterocycles. The molecule has 1 rings (SSSR count). The third-order valence-electron chi connectivity index (χ3n) is 1.62. The minimum atomic E-state index is 0.0592. The number of carbonyl (C=O) groups excluding carboxylic acids is 1. The van der Waals surface area contributed by atoms with Crippen molar-refractivity contribution in [1.82, 2.24) is 0 Å². The first-order chi connectivity index (χ1) is 5.74. The molecule has 2 N–H and O–H groups in total. The van der Waals surface area contributed by atoms with Crippen LogP contribution in [0, 0.1) is 5.41 Å². The van der Waals surface area contributed by atoms with E-state index in [1.165, 1.54) is 0 Å². The van der Waals surface area contributed by atoms with Gasteiger partial charge in [0.05, 0.1) is 5.56 Å². The SMILES string of the molecule is CCc1sc(O)c(C=N)c1C=O. The van der Waals surface area contributed by atoms with E-state index in [0.29, 0.717) is 23.8 Å². The number of carbonyl (C=O) groups is 1. The summed E-state index contributed by atoms with van der Waals surface area (Å²) >= 11 is 1.16. The number of aromatic hydroxyl groups is 1. The average Bonchev–Trinajstić information content (AvgIpc) is 2.40. The first-order valence-electron chi connectivity index (χ1n) is 3.54. The number of rotatable bonds is 3. The third-order valence-corrected chi connectivity index (χ3v) is 2.79. The van der Waals surface area contributed by atoms with Gasteiger partial charge >= 0.3 is 0 Å². The summed E-state index contributed by atoms with van der Waals surface area (Å²) in [5.74, 6) is 0. The van der Waals surface area contributed by atoms with E-state index in [2.05, 4.69) is 0 Å². The van der Waals surface area contributed by atoms with E-state index in [-0.39, 0.29) is 5.06 Å². The zero-order chi connectivity index (χ0) is 9.14. The summed E-state index contributed by atoms with van der Waals surface area (Å²) in [6.45, 7) is 1.91. The lowest BCUT2D eigenvalue weighted by Gasteiger charge is -1.90. The van der Waals surface area contributed by atoms with Gasteiger partial charge in [0.2, 0.25) is 0 Å². The summed E-state index contributed by atoms with van der Waals surface area (Å²) in [7, 11) is 0. The Morgan fingerprint density at radius 1 is 1.58 bits per heavy atom. The molecule has 0 atom stereocenters. The molecule has 0 radical (unpaired) electrons. The standard InChI is InChI=1S/C8H9NO2S/c1-2-7-6(4-10)5(3-9)8(11)12-7/h3-4,9,11H,2H2,1H3. The lowest BCUT2D eigenvalue weighted by Crippen LogP contribution is -1.88. The molecule has 0 unspecified atom stereocenters. The number of aldehydes is 1. The Labute approximate surface area is 74.2 Å². The summed E-state index contributed by atoms with van der Waals surface area (Å²) in [5.41, 5.74) is 0.793. The zero-order valence-electron chi connectivity index (χ0n) is 6.63. The van der Waals surface area contributed by atoms with Gasteiger partial charge in [0.1, 0.15) is 0 Å². The number of nitrogens with one attached hydrogen (secondary N) is 1. The molecule has 64 valence electrons. The Bertz CT molecular complexity index is 317. The topological polar surface area (TPSA) is 61.1 Å². The van der Waals surface area contributed by atoms with E-state index < -0.39 is 0 Å². The van der Waals surface area contributed by atoms with Crippen LogP contribution in [0.1, 0.15) is 27.7 Å². The summed E-state index contributed by atoms with van der Waals surface area (Å²) in [4.78, 5) is 11.4. The molecule has 1 heterocycles. The third kappa shape index (κ3) is 1.25. The van der Waals surface area contributed by atoms with Gasteiger partial charge in [-0.25, -0.2) is 0 Å². The van der Waals surface area contributed by atoms with E-state index in [1.807, 2.05) is 6.92 Å². The molecule has 0 bridgehead atoms. The van der Waals surface area contributed by atoms with E-state index >= 15 is 0 Å². The molecule has 0 aromatic carbocycles. The molecular formula is C8H9NO2S. The van der Waals surface area contributed by atoms with Gasteiger partial charge in [0, 0.05) is 16.7 Å². The zero-order valence-corrected chi connectivity index (χ0v) is 7.44. The van der Waals surface area contributed by atoms with Crippen LogP contribution in [0.15, 0.2) is 0 Å². The second-order valence-electron chi connectivity index (χ2n) is 2.27. The van der Waals surface area contributed by atoms with Crippen molar-refractivity contribution in [1.29, 1.82) is 5.41 Å². The number of hydrogen-bond acceptors (Lipinski definition) is 4. The maximum absolute atomic E-state index is 10.6. The molecule has 0 aliphatic heterocycles. The average molecular weight is 183 g/mol. The molecule has 0 aliphatic carbocycles. The van der Waals surface area contributed by atoms with Crippen molar-refractivity contribution in [2.45, 2.75) is 13.3 Å². The van der Waals surface area contributed by atoms with Gasteiger partial charge in [0.15, 0.2) is 11.3 Å². The maximum atomic E-state index is 10.6. The molecule has 0 amide bonds. The molecular weight excluding hydrogens is 174 g/mol. The molecule has 0 spiro atoms. The van der Waals surface area contributed by atoms with Crippen molar-refractivity contribution in [3.8, 4) is 5.06 Å². The van der Waals surface area contributed by atoms with Crippen molar-refractivity contribution in [3.05, 3.63) is 16.0 Å². The van der Waals surface area contributed by atoms with E-state index in [4.69, 9.17) is 5.41 Å². The van der Waals surface area contributed by atoms with Gasteiger partial charge in [-0.15, -0.1) is 11.3 Å². The molecule has 12 heavy (non-hydrogen) atoms. The van der Waals surface area contributed by atoms with Crippen molar-refractivity contribution in [2.75, 3.05) is 0 Å². The first kappa shape index (κ1) is 8.93. The predicted molar refractivity (Wildman–Crippen MR) is 48.6 cm³/mol. The van der Waals surface area contributed by atoms with Crippen LogP contribution in [0.5, 0.6) is 5.06 Å². The fourth-order valence-electron chi connectivity index (χ4n) is 1.02. The van der Waals surface area contributed by atoms with E-state index in [0.717, 1.165) is 22.4 Å². The van der Waals surface area contributed by atoms with Crippen LogP contribution < -0.4 is 0 Å². The highest BCUT2D eigenvalue weighted by atomic mass is 32.1. The Morgan fingerprint density at radius 2 is 2.25 bits per heavy atom. The lowest BCUT2D eigenvalue weighted by atomic mass is 10.1. The van der Waals surface area contributed by atoms with E-state index in [9.17, 15) is 9.90 Å². The highest BCUT2D eigenvalue weighted by Gasteiger charge is 2.13. The van der Waals surface area contributed by atoms with Crippen LogP contribution in [-0.4, -0.2) is 17.6 Å². The fourth-order valence-corrected chi connectivity index (χ4v) is 1.95. The molecule has 0 fully saturated rings. The first-order valence-corrected chi connectivity index (χ1v) is 4.36. The summed E-state index contributed by atoms with van der Waals surface area (Å²) < 4.78 is 0. The highest BCUT2D eigenvalue weighted by Crippen LogP contribution is 2.32. The van der Waals surface area contributed by atoms with Crippen LogP contribution in [0.2, 0.25) is 0 Å². The number of hydrogen-bond donors (Lipinski definition) is 2. The van der Waals surface area contributed by atoms with Crippen LogP contribution in [-0.2, 0) is 6.42 Å². The van der Waals surface area contributed by atoms with Gasteiger partial charge < -0.3 is 10.5 Å².